The van der Waals surface area contributed by atoms with Crippen LogP contribution in [0.15, 0.2) is 106 Å². The quantitative estimate of drug-likeness (QED) is 0.115. The van der Waals surface area contributed by atoms with Gasteiger partial charge in [0, 0.05) is 98.3 Å². The number of ether oxygens (including phenoxy) is 2. The minimum atomic E-state index is -2.24. The van der Waals surface area contributed by atoms with E-state index in [1.165, 1.54) is 0 Å². The Morgan fingerprint density at radius 2 is 1.21 bits per heavy atom. The number of phenolic OH excluding ortho intramolecular Hbond substituents is 2. The molecule has 0 saturated carbocycles. The first-order valence-electron chi connectivity index (χ1n) is 15.1. The summed E-state index contributed by atoms with van der Waals surface area (Å²) in [6, 6.07) is 25.2. The predicted octanol–water partition coefficient (Wildman–Crippen LogP) is 9.29. The summed E-state index contributed by atoms with van der Waals surface area (Å²) < 4.78 is 28.5. The summed E-state index contributed by atoms with van der Waals surface area (Å²) in [5.74, 6) is 2.44. The molecular weight excluding hydrogens is 694 g/mol. The molecule has 0 aliphatic heterocycles. The van der Waals surface area contributed by atoms with E-state index in [2.05, 4.69) is 40.9 Å². The second-order valence-corrected chi connectivity index (χ2v) is 14.4. The third kappa shape index (κ3) is 8.44. The molecule has 0 radical (unpaired) electrons. The smallest absolute Gasteiger partial charge is 0.124 e. The number of halogens is 1. The van der Waals surface area contributed by atoms with E-state index in [0.29, 0.717) is 34.4 Å². The number of aromatic hydroxyl groups is 2. The first-order valence-corrected chi connectivity index (χ1v) is 17.7. The Morgan fingerprint density at radius 1 is 0.708 bits per heavy atom. The van der Waals surface area contributed by atoms with Crippen molar-refractivity contribution in [3.05, 3.63) is 102 Å². The Balaban J connectivity index is 0.000000194. The normalized spacial score (nSPS) is 11.0. The Morgan fingerprint density at radius 3 is 1.71 bits per heavy atom. The Hall–Kier alpha value is -5.07. The molecule has 248 valence electrons. The van der Waals surface area contributed by atoms with E-state index in [0.717, 1.165) is 43.3 Å². The molecule has 0 amide bonds. The monoisotopic (exact) mass is 729 g/mol. The number of hydrogen-bond donors (Lipinski definition) is 4. The number of benzene rings is 4. The molecule has 0 aliphatic rings. The first-order chi connectivity index (χ1) is 23.1. The molecule has 4 N–H and O–H groups in total. The van der Waals surface area contributed by atoms with Crippen LogP contribution < -0.4 is 20.1 Å². The second kappa shape index (κ2) is 15.2. The topological polar surface area (TPSA) is 138 Å². The highest BCUT2D eigenvalue weighted by molar-refractivity contribution is 9.10. The van der Waals surface area contributed by atoms with Gasteiger partial charge >= 0.3 is 0 Å². The van der Waals surface area contributed by atoms with Crippen LogP contribution in [0, 0.1) is 0 Å². The van der Waals surface area contributed by atoms with Crippen molar-refractivity contribution in [1.82, 2.24) is 9.97 Å². The largest absolute Gasteiger partial charge is 0.508 e. The van der Waals surface area contributed by atoms with E-state index >= 15 is 0 Å². The van der Waals surface area contributed by atoms with Crippen LogP contribution in [0.3, 0.4) is 0 Å². The fourth-order valence-corrected chi connectivity index (χ4v) is 6.44. The van der Waals surface area contributed by atoms with Gasteiger partial charge in [-0.1, -0.05) is 29.8 Å². The molecular formula is C36H36BrN5O5S. The van der Waals surface area contributed by atoms with Gasteiger partial charge < -0.3 is 30.3 Å². The Kier molecular flexibility index (Phi) is 10.9. The van der Waals surface area contributed by atoms with Gasteiger partial charge in [-0.25, -0.2) is 4.21 Å². The number of methoxy groups -OCH3 is 2. The van der Waals surface area contributed by atoms with Gasteiger partial charge in [0.25, 0.3) is 0 Å². The van der Waals surface area contributed by atoms with Crippen molar-refractivity contribution in [2.45, 2.75) is 13.8 Å². The first kappa shape index (κ1) is 34.3. The lowest BCUT2D eigenvalue weighted by atomic mass is 10.1. The van der Waals surface area contributed by atoms with Gasteiger partial charge in [0.05, 0.1) is 40.7 Å². The number of nitrogens with zero attached hydrogens (tertiary/aromatic N) is 3. The lowest BCUT2D eigenvalue weighted by molar-refractivity contribution is 0.407. The average Bonchev–Trinajstić information content (AvgIpc) is 3.08. The van der Waals surface area contributed by atoms with Gasteiger partial charge in [-0.3, -0.25) is 9.97 Å². The van der Waals surface area contributed by atoms with Gasteiger partial charge in [-0.05, 0) is 48.5 Å². The summed E-state index contributed by atoms with van der Waals surface area (Å²) in [7, 11) is 0.877. The maximum Gasteiger partial charge on any atom is 0.124 e. The van der Waals surface area contributed by atoms with Crippen LogP contribution >= 0.6 is 15.9 Å². The number of anilines is 4. The maximum absolute atomic E-state index is 12.7. The van der Waals surface area contributed by atoms with Crippen molar-refractivity contribution in [2.24, 2.45) is 4.36 Å². The van der Waals surface area contributed by atoms with E-state index in [-0.39, 0.29) is 11.5 Å². The average molecular weight is 731 g/mol. The van der Waals surface area contributed by atoms with E-state index < -0.39 is 9.73 Å². The van der Waals surface area contributed by atoms with Crippen LogP contribution in [0.2, 0.25) is 0 Å². The number of rotatable bonds is 9. The molecule has 10 nitrogen and oxygen atoms in total. The SMILES string of the molecule is CCS(=O)(CC)=Nc1ccc2nccc(Nc3cc(O)cc(OC)c3)c2c1.COc1cc(O)cc(Nc2ccnc3ccc(Br)cc23)c1. The lowest BCUT2D eigenvalue weighted by Crippen LogP contribution is -2.04. The lowest BCUT2D eigenvalue weighted by Gasteiger charge is -2.12. The zero-order valence-electron chi connectivity index (χ0n) is 26.9. The van der Waals surface area contributed by atoms with Crippen molar-refractivity contribution in [3.63, 3.8) is 0 Å². The molecule has 0 fully saturated rings. The van der Waals surface area contributed by atoms with Gasteiger partial charge in [-0.15, -0.1) is 0 Å². The molecule has 4 aromatic carbocycles. The molecule has 2 heterocycles. The molecule has 48 heavy (non-hydrogen) atoms. The Labute approximate surface area is 288 Å². The summed E-state index contributed by atoms with van der Waals surface area (Å²) in [5, 5.41) is 28.0. The van der Waals surface area contributed by atoms with Crippen LogP contribution in [-0.4, -0.2) is 50.1 Å². The highest BCUT2D eigenvalue weighted by Gasteiger charge is 2.09. The van der Waals surface area contributed by atoms with Crippen molar-refractivity contribution in [1.29, 1.82) is 0 Å². The number of nitrogens with one attached hydrogen (secondary N) is 2. The molecule has 0 atom stereocenters. The third-order valence-corrected chi connectivity index (χ3v) is 10.3. The van der Waals surface area contributed by atoms with Crippen LogP contribution in [0.25, 0.3) is 21.8 Å². The van der Waals surface area contributed by atoms with Gasteiger partial charge in [0.15, 0.2) is 0 Å². The molecule has 12 heteroatoms. The molecule has 0 saturated heterocycles. The minimum Gasteiger partial charge on any atom is -0.508 e. The summed E-state index contributed by atoms with van der Waals surface area (Å²) in [5.41, 5.74) is 5.52. The molecule has 0 aliphatic carbocycles. The fourth-order valence-electron chi connectivity index (χ4n) is 4.91. The Bertz CT molecular complexity index is 2190. The van der Waals surface area contributed by atoms with Crippen LogP contribution in [-0.2, 0) is 9.73 Å². The molecule has 0 spiro atoms. The summed E-state index contributed by atoms with van der Waals surface area (Å²) >= 11 is 3.47. The zero-order valence-corrected chi connectivity index (χ0v) is 29.3. The second-order valence-electron chi connectivity index (χ2n) is 10.6. The standard InChI is InChI=1S/C20H23N3O3S.C16H13BrN2O2/c1-4-27(25,5-2)23-14-6-7-19-18(12-14)20(8-9-21-19)22-15-10-16(24)13-17(11-15)26-3;1-21-13-8-11(7-12(20)9-13)19-16-4-5-18-15-3-2-10(17)6-14(15)16/h6-13,24H,4-5H2,1-3H3,(H,21,22);2-9,20H,1H3,(H,18,19). The highest BCUT2D eigenvalue weighted by Crippen LogP contribution is 2.33. The van der Waals surface area contributed by atoms with Crippen molar-refractivity contribution >= 4 is 75.9 Å². The number of fused-ring (bicyclic) bond motifs is 2. The van der Waals surface area contributed by atoms with E-state index in [1.54, 1.807) is 56.9 Å². The molecule has 6 aromatic rings. The summed E-state index contributed by atoms with van der Waals surface area (Å²) in [6.07, 6.45) is 3.46. The van der Waals surface area contributed by atoms with Crippen LogP contribution in [0.1, 0.15) is 13.8 Å². The maximum atomic E-state index is 12.7. The van der Waals surface area contributed by atoms with Gasteiger partial charge in [0.1, 0.15) is 23.0 Å². The van der Waals surface area contributed by atoms with Crippen molar-refractivity contribution in [2.75, 3.05) is 36.4 Å². The molecule has 0 bridgehead atoms. The molecule has 0 unspecified atom stereocenters. The zero-order chi connectivity index (χ0) is 34.3. The number of phenols is 2. The summed E-state index contributed by atoms with van der Waals surface area (Å²) in [6.45, 7) is 3.78. The number of hydrogen-bond acceptors (Lipinski definition) is 10. The number of aromatic nitrogens is 2. The third-order valence-electron chi connectivity index (χ3n) is 7.41. The van der Waals surface area contributed by atoms with E-state index in [1.807, 2.05) is 68.4 Å². The van der Waals surface area contributed by atoms with Crippen LogP contribution in [0.4, 0.5) is 28.4 Å². The van der Waals surface area contributed by atoms with Gasteiger partial charge in [0.2, 0.25) is 0 Å². The van der Waals surface area contributed by atoms with Crippen LogP contribution in [0.5, 0.6) is 23.0 Å². The highest BCUT2D eigenvalue weighted by atomic mass is 79.9. The predicted molar refractivity (Wildman–Crippen MR) is 198 cm³/mol. The molecule has 2 aromatic heterocycles. The van der Waals surface area contributed by atoms with Gasteiger partial charge in [-0.2, -0.15) is 4.36 Å². The van der Waals surface area contributed by atoms with E-state index in [9.17, 15) is 14.4 Å². The van der Waals surface area contributed by atoms with Crippen molar-refractivity contribution < 1.29 is 23.9 Å². The van der Waals surface area contributed by atoms with Crippen molar-refractivity contribution in [3.8, 4) is 23.0 Å². The minimum absolute atomic E-state index is 0.108. The summed E-state index contributed by atoms with van der Waals surface area (Å²) in [4.78, 5) is 8.73. The van der Waals surface area contributed by atoms with E-state index in [4.69, 9.17) is 9.47 Å². The molecule has 6 rings (SSSR count). The number of pyridine rings is 2. The fraction of sp³-hybridized carbons (Fsp3) is 0.167.